The van der Waals surface area contributed by atoms with Gasteiger partial charge in [-0.15, -0.1) is 0 Å². The number of hydrogen-bond donors (Lipinski definition) is 3. The summed E-state index contributed by atoms with van der Waals surface area (Å²) in [5, 5.41) is 7.90. The van der Waals surface area contributed by atoms with Crippen LogP contribution in [-0.2, 0) is 9.59 Å². The van der Waals surface area contributed by atoms with Crippen LogP contribution in [0.1, 0.15) is 35.8 Å². The van der Waals surface area contributed by atoms with Crippen LogP contribution in [-0.4, -0.2) is 35.3 Å². The summed E-state index contributed by atoms with van der Waals surface area (Å²) in [6.07, 6.45) is 0.551. The largest absolute Gasteiger partial charge is 0.370 e. The number of carbonyl (C=O) groups is 3. The number of carbonyl (C=O) groups excluding carboxylic acids is 3. The van der Waals surface area contributed by atoms with Gasteiger partial charge in [0.15, 0.2) is 0 Å². The van der Waals surface area contributed by atoms with Gasteiger partial charge in [-0.3, -0.25) is 19.7 Å². The summed E-state index contributed by atoms with van der Waals surface area (Å²) in [5.74, 6) is -0.503. The van der Waals surface area contributed by atoms with Gasteiger partial charge < -0.3 is 10.6 Å². The molecule has 1 saturated heterocycles. The van der Waals surface area contributed by atoms with Crippen molar-refractivity contribution in [3.8, 4) is 0 Å². The quantitative estimate of drug-likeness (QED) is 0.695. The number of nitrogens with zero attached hydrogens (tertiary/aromatic N) is 1. The number of anilines is 1. The van der Waals surface area contributed by atoms with Gasteiger partial charge in [-0.2, -0.15) is 0 Å². The predicted octanol–water partition coefficient (Wildman–Crippen LogP) is 0.357. The molecule has 0 saturated carbocycles. The lowest BCUT2D eigenvalue weighted by atomic mass is 10.1. The number of piperidine rings is 1. The first-order valence-electron chi connectivity index (χ1n) is 6.86. The summed E-state index contributed by atoms with van der Waals surface area (Å²) in [7, 11) is 0. The fourth-order valence-corrected chi connectivity index (χ4v) is 2.14. The molecule has 3 amide bonds. The maximum Gasteiger partial charge on any atom is 0.252 e. The van der Waals surface area contributed by atoms with Crippen molar-refractivity contribution >= 4 is 23.5 Å². The first-order chi connectivity index (χ1) is 9.99. The van der Waals surface area contributed by atoms with E-state index in [-0.39, 0.29) is 18.2 Å². The molecule has 1 fully saturated rings. The maximum atomic E-state index is 12.2. The molecule has 7 nitrogen and oxygen atoms in total. The molecule has 1 aliphatic rings. The first-order valence-corrected chi connectivity index (χ1v) is 6.86. The summed E-state index contributed by atoms with van der Waals surface area (Å²) in [4.78, 5) is 39.2. The Bertz CT molecular complexity index is 586. The molecule has 1 aromatic rings. The molecule has 0 aliphatic carbocycles. The molecule has 2 rings (SSSR count). The monoisotopic (exact) mass is 290 g/mol. The molecule has 0 bridgehead atoms. The Hall–Kier alpha value is -2.44. The molecule has 0 spiro atoms. The molecule has 1 atom stereocenters. The predicted molar refractivity (Wildman–Crippen MR) is 76.8 cm³/mol. The molecule has 0 radical (unpaired) electrons. The topological polar surface area (TPSA) is 100 Å². The number of aryl methyl sites for hydroxylation is 1. The van der Waals surface area contributed by atoms with Crippen LogP contribution in [0.25, 0.3) is 0 Å². The summed E-state index contributed by atoms with van der Waals surface area (Å²) < 4.78 is 0. The molecular formula is C14H18N4O3. The maximum absolute atomic E-state index is 12.2. The van der Waals surface area contributed by atoms with E-state index in [4.69, 9.17) is 0 Å². The van der Waals surface area contributed by atoms with Crippen LogP contribution in [0.15, 0.2) is 12.1 Å². The molecule has 21 heavy (non-hydrogen) atoms. The zero-order valence-electron chi connectivity index (χ0n) is 12.0. The number of amides is 3. The van der Waals surface area contributed by atoms with E-state index in [1.807, 2.05) is 6.92 Å². The minimum Gasteiger partial charge on any atom is -0.370 e. The lowest BCUT2D eigenvalue weighted by Gasteiger charge is -2.22. The minimum absolute atomic E-state index is 0.231. The van der Waals surface area contributed by atoms with Gasteiger partial charge in [0, 0.05) is 24.2 Å². The van der Waals surface area contributed by atoms with Crippen LogP contribution in [0.5, 0.6) is 0 Å². The molecule has 112 valence electrons. The lowest BCUT2D eigenvalue weighted by Crippen LogP contribution is -2.52. The number of rotatable bonds is 4. The highest BCUT2D eigenvalue weighted by molar-refractivity contribution is 6.03. The summed E-state index contributed by atoms with van der Waals surface area (Å²) in [6, 6.07) is 2.62. The Morgan fingerprint density at radius 3 is 2.86 bits per heavy atom. The van der Waals surface area contributed by atoms with Crippen molar-refractivity contribution in [3.05, 3.63) is 23.4 Å². The molecule has 0 aromatic carbocycles. The number of imide groups is 1. The second-order valence-electron chi connectivity index (χ2n) is 4.89. The van der Waals surface area contributed by atoms with E-state index in [2.05, 4.69) is 20.9 Å². The highest BCUT2D eigenvalue weighted by atomic mass is 16.2. The van der Waals surface area contributed by atoms with Crippen molar-refractivity contribution in [1.82, 2.24) is 15.6 Å². The number of hydrogen-bond acceptors (Lipinski definition) is 5. The van der Waals surface area contributed by atoms with E-state index in [0.717, 1.165) is 0 Å². The summed E-state index contributed by atoms with van der Waals surface area (Å²) >= 11 is 0. The van der Waals surface area contributed by atoms with E-state index in [9.17, 15) is 14.4 Å². The zero-order valence-corrected chi connectivity index (χ0v) is 12.0. The van der Waals surface area contributed by atoms with Crippen LogP contribution >= 0.6 is 0 Å². The molecule has 3 N–H and O–H groups in total. The molecule has 2 heterocycles. The van der Waals surface area contributed by atoms with E-state index in [1.165, 1.54) is 0 Å². The van der Waals surface area contributed by atoms with Gasteiger partial charge in [-0.1, -0.05) is 0 Å². The second-order valence-corrected chi connectivity index (χ2v) is 4.89. The van der Waals surface area contributed by atoms with E-state index in [1.54, 1.807) is 19.1 Å². The lowest BCUT2D eigenvalue weighted by molar-refractivity contribution is -0.134. The van der Waals surface area contributed by atoms with Crippen LogP contribution in [0, 0.1) is 6.92 Å². The third-order valence-corrected chi connectivity index (χ3v) is 3.12. The molecule has 7 heteroatoms. The third-order valence-electron chi connectivity index (χ3n) is 3.12. The average Bonchev–Trinajstić information content (AvgIpc) is 2.41. The van der Waals surface area contributed by atoms with Crippen molar-refractivity contribution < 1.29 is 14.4 Å². The van der Waals surface area contributed by atoms with Crippen molar-refractivity contribution in [2.75, 3.05) is 11.9 Å². The number of pyridine rings is 1. The van der Waals surface area contributed by atoms with E-state index >= 15 is 0 Å². The van der Waals surface area contributed by atoms with Crippen LogP contribution in [0.2, 0.25) is 0 Å². The van der Waals surface area contributed by atoms with Gasteiger partial charge in [-0.25, -0.2) is 4.98 Å². The molecule has 1 aromatic heterocycles. The highest BCUT2D eigenvalue weighted by Crippen LogP contribution is 2.11. The Morgan fingerprint density at radius 2 is 2.19 bits per heavy atom. The molecular weight excluding hydrogens is 272 g/mol. The van der Waals surface area contributed by atoms with Crippen molar-refractivity contribution in [1.29, 1.82) is 0 Å². The fraction of sp³-hybridized carbons (Fsp3) is 0.429. The summed E-state index contributed by atoms with van der Waals surface area (Å²) in [5.41, 5.74) is 1.14. The van der Waals surface area contributed by atoms with Crippen molar-refractivity contribution in [2.45, 2.75) is 32.7 Å². The van der Waals surface area contributed by atoms with Gasteiger partial charge in [0.25, 0.3) is 5.91 Å². The second kappa shape index (κ2) is 6.34. The standard InChI is InChI=1S/C14H18N4O3/c1-3-15-11-7-9(6-8(2)16-11)13(20)17-10-4-5-12(19)18-14(10)21/h6-7,10H,3-5H2,1-2H3,(H,15,16)(H,17,20)(H,18,19,21). The molecule has 1 unspecified atom stereocenters. The van der Waals surface area contributed by atoms with Crippen LogP contribution < -0.4 is 16.0 Å². The minimum atomic E-state index is -0.675. The van der Waals surface area contributed by atoms with E-state index in [0.29, 0.717) is 30.0 Å². The highest BCUT2D eigenvalue weighted by Gasteiger charge is 2.28. The van der Waals surface area contributed by atoms with E-state index < -0.39 is 11.9 Å². The van der Waals surface area contributed by atoms with Gasteiger partial charge in [0.05, 0.1) is 0 Å². The smallest absolute Gasteiger partial charge is 0.252 e. The van der Waals surface area contributed by atoms with Crippen molar-refractivity contribution in [3.63, 3.8) is 0 Å². The van der Waals surface area contributed by atoms with Gasteiger partial charge in [0.2, 0.25) is 11.8 Å². The van der Waals surface area contributed by atoms with Crippen LogP contribution in [0.3, 0.4) is 0 Å². The molecule has 1 aliphatic heterocycles. The van der Waals surface area contributed by atoms with Gasteiger partial charge in [0.1, 0.15) is 11.9 Å². The SMILES string of the molecule is CCNc1cc(C(=O)NC2CCC(=O)NC2=O)cc(C)n1. The van der Waals surface area contributed by atoms with Crippen LogP contribution in [0.4, 0.5) is 5.82 Å². The number of nitrogens with one attached hydrogen (secondary N) is 3. The zero-order chi connectivity index (χ0) is 15.4. The number of aromatic nitrogens is 1. The van der Waals surface area contributed by atoms with Gasteiger partial charge >= 0.3 is 0 Å². The first kappa shape index (κ1) is 15.0. The van der Waals surface area contributed by atoms with Crippen molar-refractivity contribution in [2.24, 2.45) is 0 Å². The Labute approximate surface area is 122 Å². The Morgan fingerprint density at radius 1 is 1.43 bits per heavy atom. The Balaban J connectivity index is 2.09. The average molecular weight is 290 g/mol. The normalized spacial score (nSPS) is 18.1. The van der Waals surface area contributed by atoms with Gasteiger partial charge in [-0.05, 0) is 32.4 Å². The third kappa shape index (κ3) is 3.77. The fourth-order valence-electron chi connectivity index (χ4n) is 2.14. The Kier molecular flexibility index (Phi) is 4.52. The summed E-state index contributed by atoms with van der Waals surface area (Å²) in [6.45, 7) is 4.43.